The normalized spacial score (nSPS) is 10.5. The summed E-state index contributed by atoms with van der Waals surface area (Å²) in [5, 5.41) is 7.07. The summed E-state index contributed by atoms with van der Waals surface area (Å²) in [5.41, 5.74) is 2.07. The number of hydrogen-bond donors (Lipinski definition) is 1. The molecule has 118 valence electrons. The number of nitrogens with one attached hydrogen (secondary N) is 1. The number of H-pyrrole nitrogens is 1. The van der Waals surface area contributed by atoms with Gasteiger partial charge in [-0.05, 0) is 43.4 Å². The van der Waals surface area contributed by atoms with Crippen LogP contribution in [-0.4, -0.2) is 21.9 Å². The van der Waals surface area contributed by atoms with E-state index in [1.807, 2.05) is 60.0 Å². The van der Waals surface area contributed by atoms with Crippen LogP contribution < -0.4 is 9.47 Å². The summed E-state index contributed by atoms with van der Waals surface area (Å²) < 4.78 is 13.4. The topological polar surface area (TPSA) is 52.1 Å². The Balaban J connectivity index is 1.86. The molecule has 5 nitrogen and oxygen atoms in total. The van der Waals surface area contributed by atoms with Gasteiger partial charge in [0, 0.05) is 6.07 Å². The monoisotopic (exact) mass is 327 g/mol. The predicted octanol–water partition coefficient (Wildman–Crippen LogP) is 3.83. The number of aromatic amines is 1. The number of rotatable bonds is 5. The molecule has 1 heterocycles. The molecule has 3 rings (SSSR count). The Hall–Kier alpha value is -2.60. The largest absolute Gasteiger partial charge is 0.497 e. The molecule has 0 saturated heterocycles. The lowest BCUT2D eigenvalue weighted by molar-refractivity contribution is 0.293. The molecule has 0 aliphatic heterocycles. The van der Waals surface area contributed by atoms with Crippen LogP contribution in [0.4, 0.5) is 0 Å². The fourth-order valence-electron chi connectivity index (χ4n) is 2.22. The highest BCUT2D eigenvalue weighted by Crippen LogP contribution is 2.19. The molecule has 0 radical (unpaired) electrons. The summed E-state index contributed by atoms with van der Waals surface area (Å²) in [6, 6.07) is 15.5. The van der Waals surface area contributed by atoms with Crippen LogP contribution in [0.15, 0.2) is 48.5 Å². The van der Waals surface area contributed by atoms with Crippen molar-refractivity contribution in [1.82, 2.24) is 14.8 Å². The molecule has 0 aliphatic carbocycles. The fraction of sp³-hybridized carbons (Fsp3) is 0.176. The summed E-state index contributed by atoms with van der Waals surface area (Å²) in [6.45, 7) is 2.35. The zero-order valence-electron chi connectivity index (χ0n) is 12.9. The maximum Gasteiger partial charge on any atom is 0.199 e. The van der Waals surface area contributed by atoms with E-state index in [1.54, 1.807) is 7.11 Å². The number of nitrogens with zero attached hydrogens (tertiary/aromatic N) is 2. The van der Waals surface area contributed by atoms with E-state index in [4.69, 9.17) is 21.7 Å². The quantitative estimate of drug-likeness (QED) is 0.724. The Morgan fingerprint density at radius 2 is 1.91 bits per heavy atom. The van der Waals surface area contributed by atoms with Crippen molar-refractivity contribution in [3.05, 3.63) is 64.7 Å². The highest BCUT2D eigenvalue weighted by Gasteiger charge is 2.10. The van der Waals surface area contributed by atoms with E-state index >= 15 is 0 Å². The first-order valence-corrected chi connectivity index (χ1v) is 7.58. The molecule has 23 heavy (non-hydrogen) atoms. The van der Waals surface area contributed by atoms with Gasteiger partial charge in [0.2, 0.25) is 0 Å². The van der Waals surface area contributed by atoms with E-state index in [9.17, 15) is 0 Å². The van der Waals surface area contributed by atoms with Crippen LogP contribution in [0.3, 0.4) is 0 Å². The Bertz CT molecular complexity index is 853. The number of aryl methyl sites for hydroxylation is 1. The van der Waals surface area contributed by atoms with Gasteiger partial charge in [-0.3, -0.25) is 9.67 Å². The maximum absolute atomic E-state index is 5.80. The lowest BCUT2D eigenvalue weighted by Gasteiger charge is -2.10. The molecule has 2 aromatic carbocycles. The predicted molar refractivity (Wildman–Crippen MR) is 90.8 cm³/mol. The maximum atomic E-state index is 5.80. The Morgan fingerprint density at radius 1 is 1.13 bits per heavy atom. The van der Waals surface area contributed by atoms with Gasteiger partial charge in [0.05, 0.1) is 12.8 Å². The van der Waals surface area contributed by atoms with Crippen molar-refractivity contribution in [1.29, 1.82) is 0 Å². The molecule has 1 N–H and O–H groups in total. The van der Waals surface area contributed by atoms with Gasteiger partial charge in [0.25, 0.3) is 0 Å². The molecule has 0 spiro atoms. The van der Waals surface area contributed by atoms with Crippen LogP contribution in [0, 0.1) is 11.7 Å². The highest BCUT2D eigenvalue weighted by atomic mass is 32.1. The number of aromatic nitrogens is 3. The molecule has 0 saturated carbocycles. The molecule has 0 bridgehead atoms. The molecule has 3 aromatic rings. The molecular formula is C17H17N3O2S. The van der Waals surface area contributed by atoms with E-state index in [-0.39, 0.29) is 0 Å². The number of ether oxygens (including phenoxy) is 2. The van der Waals surface area contributed by atoms with Crippen molar-refractivity contribution in [2.24, 2.45) is 0 Å². The number of benzene rings is 2. The summed E-state index contributed by atoms with van der Waals surface area (Å²) in [7, 11) is 1.63. The van der Waals surface area contributed by atoms with Gasteiger partial charge < -0.3 is 9.47 Å². The van der Waals surface area contributed by atoms with E-state index < -0.39 is 0 Å². The first-order valence-electron chi connectivity index (χ1n) is 7.17. The summed E-state index contributed by atoms with van der Waals surface area (Å²) in [5.74, 6) is 2.25. The fourth-order valence-corrected chi connectivity index (χ4v) is 2.48. The molecule has 0 fully saturated rings. The average molecular weight is 327 g/mol. The van der Waals surface area contributed by atoms with Crippen LogP contribution in [0.5, 0.6) is 11.5 Å². The van der Waals surface area contributed by atoms with E-state index in [1.165, 1.54) is 5.56 Å². The van der Waals surface area contributed by atoms with Crippen LogP contribution in [-0.2, 0) is 6.61 Å². The second-order valence-corrected chi connectivity index (χ2v) is 5.47. The van der Waals surface area contributed by atoms with Crippen molar-refractivity contribution in [2.45, 2.75) is 13.5 Å². The zero-order valence-corrected chi connectivity index (χ0v) is 13.8. The Labute approximate surface area is 139 Å². The lowest BCUT2D eigenvalue weighted by Crippen LogP contribution is -2.06. The van der Waals surface area contributed by atoms with Gasteiger partial charge in [-0.25, -0.2) is 0 Å². The van der Waals surface area contributed by atoms with Crippen LogP contribution in [0.25, 0.3) is 5.69 Å². The molecule has 6 heteroatoms. The average Bonchev–Trinajstić information content (AvgIpc) is 2.95. The van der Waals surface area contributed by atoms with Crippen molar-refractivity contribution < 1.29 is 9.47 Å². The second kappa shape index (κ2) is 6.66. The van der Waals surface area contributed by atoms with Crippen molar-refractivity contribution >= 4 is 12.2 Å². The third kappa shape index (κ3) is 3.43. The number of hydrogen-bond acceptors (Lipinski definition) is 4. The SMILES string of the molecule is COc1cccc(-n2c(COc3ccc(C)cc3)n[nH]c2=S)c1. The first-order chi connectivity index (χ1) is 11.2. The minimum atomic E-state index is 0.313. The summed E-state index contributed by atoms with van der Waals surface area (Å²) in [6.07, 6.45) is 0. The molecule has 0 atom stereocenters. The smallest absolute Gasteiger partial charge is 0.199 e. The van der Waals surface area contributed by atoms with Gasteiger partial charge in [-0.2, -0.15) is 5.10 Å². The van der Waals surface area contributed by atoms with Gasteiger partial charge in [-0.15, -0.1) is 0 Å². The number of methoxy groups -OCH3 is 1. The first kappa shape index (κ1) is 15.3. The molecule has 0 amide bonds. The third-order valence-electron chi connectivity index (χ3n) is 3.44. The standard InChI is InChI=1S/C17H17N3O2S/c1-12-6-8-14(9-7-12)22-11-16-18-19-17(23)20(16)13-4-3-5-15(10-13)21-2/h3-10H,11H2,1-2H3,(H,19,23). The van der Waals surface area contributed by atoms with Gasteiger partial charge in [0.15, 0.2) is 10.6 Å². The molecule has 0 unspecified atom stereocenters. The van der Waals surface area contributed by atoms with Crippen LogP contribution >= 0.6 is 12.2 Å². The second-order valence-electron chi connectivity index (χ2n) is 5.08. The van der Waals surface area contributed by atoms with E-state index in [0.717, 1.165) is 17.2 Å². The van der Waals surface area contributed by atoms with Gasteiger partial charge in [0.1, 0.15) is 18.1 Å². The van der Waals surface area contributed by atoms with E-state index in [0.29, 0.717) is 17.2 Å². The Kier molecular flexibility index (Phi) is 4.43. The van der Waals surface area contributed by atoms with Crippen molar-refractivity contribution in [3.63, 3.8) is 0 Å². The van der Waals surface area contributed by atoms with Crippen molar-refractivity contribution in [3.8, 4) is 17.2 Å². The van der Waals surface area contributed by atoms with Crippen LogP contribution in [0.1, 0.15) is 11.4 Å². The summed E-state index contributed by atoms with van der Waals surface area (Å²) >= 11 is 5.33. The van der Waals surface area contributed by atoms with E-state index in [2.05, 4.69) is 10.2 Å². The molecular weight excluding hydrogens is 310 g/mol. The van der Waals surface area contributed by atoms with Gasteiger partial charge >= 0.3 is 0 Å². The minimum Gasteiger partial charge on any atom is -0.497 e. The van der Waals surface area contributed by atoms with Crippen molar-refractivity contribution in [2.75, 3.05) is 7.11 Å². The van der Waals surface area contributed by atoms with Crippen LogP contribution in [0.2, 0.25) is 0 Å². The summed E-state index contributed by atoms with van der Waals surface area (Å²) in [4.78, 5) is 0. The molecule has 1 aromatic heterocycles. The highest BCUT2D eigenvalue weighted by molar-refractivity contribution is 7.71. The Morgan fingerprint density at radius 3 is 2.65 bits per heavy atom. The minimum absolute atomic E-state index is 0.313. The molecule has 0 aliphatic rings. The third-order valence-corrected chi connectivity index (χ3v) is 3.72. The lowest BCUT2D eigenvalue weighted by atomic mass is 10.2. The zero-order chi connectivity index (χ0) is 16.2. The van der Waals surface area contributed by atoms with Gasteiger partial charge in [-0.1, -0.05) is 23.8 Å².